The summed E-state index contributed by atoms with van der Waals surface area (Å²) in [4.78, 5) is 19.7. The number of rotatable bonds is 11. The summed E-state index contributed by atoms with van der Waals surface area (Å²) in [6.07, 6.45) is 15.1. The molecule has 0 aliphatic rings. The van der Waals surface area contributed by atoms with E-state index in [0.29, 0.717) is 6.08 Å². The lowest BCUT2D eigenvalue weighted by Gasteiger charge is -1.99. The highest BCUT2D eigenvalue weighted by molar-refractivity contribution is 5.93. The predicted molar refractivity (Wildman–Crippen MR) is 86.5 cm³/mol. The minimum absolute atomic E-state index is 0.178. The van der Waals surface area contributed by atoms with E-state index >= 15 is 0 Å². The van der Waals surface area contributed by atoms with Crippen molar-refractivity contribution in [1.82, 2.24) is 0 Å². The Morgan fingerprint density at radius 3 is 1.29 bits per heavy atom. The fourth-order valence-corrected chi connectivity index (χ4v) is 1.81. The third kappa shape index (κ3) is 21.1. The van der Waals surface area contributed by atoms with Gasteiger partial charge in [-0.1, -0.05) is 78.1 Å². The van der Waals surface area contributed by atoms with Crippen molar-refractivity contribution in [1.29, 1.82) is 0 Å². The highest BCUT2D eigenvalue weighted by Gasteiger charge is 2.00. The van der Waals surface area contributed by atoms with Crippen LogP contribution in [0.4, 0.5) is 0 Å². The molecule has 0 rings (SSSR count). The van der Waals surface area contributed by atoms with E-state index in [1.807, 2.05) is 0 Å². The molecule has 0 radical (unpaired) electrons. The number of unbranched alkanes of at least 4 members (excludes halogenated alkanes) is 9. The van der Waals surface area contributed by atoms with Gasteiger partial charge < -0.3 is 10.2 Å². The Morgan fingerprint density at radius 2 is 1.10 bits per heavy atom. The molecule has 0 saturated carbocycles. The van der Waals surface area contributed by atoms with Gasteiger partial charge in [0.25, 0.3) is 0 Å². The highest BCUT2D eigenvalue weighted by atomic mass is 16.4. The molecule has 0 aromatic rings. The molecule has 0 unspecified atom stereocenters. The van der Waals surface area contributed by atoms with Crippen LogP contribution in [0.15, 0.2) is 11.6 Å². The Hall–Kier alpha value is -1.32. The number of hydrogen-bond acceptors (Lipinski definition) is 2. The van der Waals surface area contributed by atoms with Gasteiger partial charge in [-0.3, -0.25) is 0 Å². The van der Waals surface area contributed by atoms with Crippen LogP contribution in [0.5, 0.6) is 0 Å². The minimum Gasteiger partial charge on any atom is -0.478 e. The van der Waals surface area contributed by atoms with E-state index in [2.05, 4.69) is 13.8 Å². The summed E-state index contributed by atoms with van der Waals surface area (Å²) in [5.74, 6) is -2.45. The van der Waals surface area contributed by atoms with Gasteiger partial charge in [-0.15, -0.1) is 0 Å². The Bertz CT molecular complexity index is 285. The highest BCUT2D eigenvalue weighted by Crippen LogP contribution is 2.09. The number of carboxylic acid groups (broad SMARTS) is 2. The van der Waals surface area contributed by atoms with E-state index < -0.39 is 11.9 Å². The molecule has 4 nitrogen and oxygen atoms in total. The first-order valence-electron chi connectivity index (χ1n) is 8.10. The molecular formula is C17H32O4. The largest absolute Gasteiger partial charge is 0.478 e. The second-order valence-corrected chi connectivity index (χ2v) is 5.30. The lowest BCUT2D eigenvalue weighted by Crippen LogP contribution is -1.99. The van der Waals surface area contributed by atoms with Crippen LogP contribution in [0, 0.1) is 0 Å². The van der Waals surface area contributed by atoms with Crippen LogP contribution in [0.25, 0.3) is 0 Å². The summed E-state index contributed by atoms with van der Waals surface area (Å²) in [6.45, 7) is 5.78. The van der Waals surface area contributed by atoms with Gasteiger partial charge in [0.15, 0.2) is 0 Å². The molecular weight excluding hydrogens is 268 g/mol. The van der Waals surface area contributed by atoms with Crippen LogP contribution in [-0.2, 0) is 9.59 Å². The molecule has 124 valence electrons. The van der Waals surface area contributed by atoms with Gasteiger partial charge in [0.2, 0.25) is 0 Å². The Labute approximate surface area is 129 Å². The van der Waals surface area contributed by atoms with E-state index in [9.17, 15) is 9.59 Å². The standard InChI is InChI=1S/C12H26.C5H6O4/c1-3-5-7-9-11-12-10-8-6-4-2;1-3(5(8)9)2-4(6)7/h3-12H2,1-2H3;2H,1H3,(H,6,7)(H,8,9). The summed E-state index contributed by atoms with van der Waals surface area (Å²) >= 11 is 0. The molecule has 21 heavy (non-hydrogen) atoms. The SMILES string of the molecule is CC(=CC(=O)O)C(=O)O.CCCCCCCCCCCC. The summed E-state index contributed by atoms with van der Waals surface area (Å²) < 4.78 is 0. The first-order valence-corrected chi connectivity index (χ1v) is 8.10. The molecule has 0 fully saturated rings. The van der Waals surface area contributed by atoms with Crippen LogP contribution >= 0.6 is 0 Å². The molecule has 0 aliphatic heterocycles. The maximum Gasteiger partial charge on any atom is 0.331 e. The maximum absolute atomic E-state index is 9.90. The summed E-state index contributed by atoms with van der Waals surface area (Å²) in [5.41, 5.74) is -0.178. The lowest BCUT2D eigenvalue weighted by atomic mass is 10.1. The molecule has 0 saturated heterocycles. The van der Waals surface area contributed by atoms with Crippen molar-refractivity contribution in [3.8, 4) is 0 Å². The second kappa shape index (κ2) is 16.7. The van der Waals surface area contributed by atoms with E-state index in [0.717, 1.165) is 0 Å². The van der Waals surface area contributed by atoms with Gasteiger partial charge in [0.05, 0.1) is 0 Å². The van der Waals surface area contributed by atoms with Crippen molar-refractivity contribution in [2.75, 3.05) is 0 Å². The van der Waals surface area contributed by atoms with Crippen molar-refractivity contribution in [2.24, 2.45) is 0 Å². The number of carbonyl (C=O) groups is 2. The molecule has 2 N–H and O–H groups in total. The van der Waals surface area contributed by atoms with E-state index in [1.54, 1.807) is 0 Å². The quantitative estimate of drug-likeness (QED) is 0.414. The number of aliphatic carboxylic acids is 2. The van der Waals surface area contributed by atoms with Crippen LogP contribution in [0.2, 0.25) is 0 Å². The van der Waals surface area contributed by atoms with Crippen LogP contribution in [0.3, 0.4) is 0 Å². The smallest absolute Gasteiger partial charge is 0.331 e. The topological polar surface area (TPSA) is 74.6 Å². The van der Waals surface area contributed by atoms with Crippen molar-refractivity contribution >= 4 is 11.9 Å². The second-order valence-electron chi connectivity index (χ2n) is 5.30. The molecule has 0 amide bonds. The molecule has 0 heterocycles. The zero-order valence-corrected chi connectivity index (χ0v) is 13.9. The van der Waals surface area contributed by atoms with Crippen molar-refractivity contribution in [3.05, 3.63) is 11.6 Å². The maximum atomic E-state index is 9.90. The molecule has 0 aromatic heterocycles. The van der Waals surface area contributed by atoms with Crippen LogP contribution in [-0.4, -0.2) is 22.2 Å². The third-order valence-electron chi connectivity index (χ3n) is 3.13. The summed E-state index contributed by atoms with van der Waals surface area (Å²) in [7, 11) is 0. The summed E-state index contributed by atoms with van der Waals surface area (Å²) in [6, 6.07) is 0. The minimum atomic E-state index is -1.24. The molecule has 0 aliphatic carbocycles. The molecule has 0 spiro atoms. The zero-order valence-electron chi connectivity index (χ0n) is 13.9. The Morgan fingerprint density at radius 1 is 0.762 bits per heavy atom. The average molecular weight is 300 g/mol. The first-order chi connectivity index (χ1) is 9.95. The number of carboxylic acids is 2. The van der Waals surface area contributed by atoms with Gasteiger partial charge in [-0.05, 0) is 6.92 Å². The molecule has 0 bridgehead atoms. The molecule has 4 heteroatoms. The van der Waals surface area contributed by atoms with Gasteiger partial charge in [0.1, 0.15) is 0 Å². The normalized spacial score (nSPS) is 10.7. The van der Waals surface area contributed by atoms with Crippen molar-refractivity contribution in [3.63, 3.8) is 0 Å². The predicted octanol–water partition coefficient (Wildman–Crippen LogP) is 5.03. The average Bonchev–Trinajstić information content (AvgIpc) is 2.42. The van der Waals surface area contributed by atoms with Gasteiger partial charge in [-0.25, -0.2) is 9.59 Å². The third-order valence-corrected chi connectivity index (χ3v) is 3.13. The van der Waals surface area contributed by atoms with Crippen molar-refractivity contribution < 1.29 is 19.8 Å². The van der Waals surface area contributed by atoms with Gasteiger partial charge >= 0.3 is 11.9 Å². The van der Waals surface area contributed by atoms with Gasteiger partial charge in [-0.2, -0.15) is 0 Å². The molecule has 0 atom stereocenters. The number of hydrogen-bond donors (Lipinski definition) is 2. The van der Waals surface area contributed by atoms with Crippen LogP contribution < -0.4 is 0 Å². The van der Waals surface area contributed by atoms with Crippen molar-refractivity contribution in [2.45, 2.75) is 85.0 Å². The molecule has 0 aromatic carbocycles. The van der Waals surface area contributed by atoms with E-state index in [4.69, 9.17) is 10.2 Å². The first kappa shape index (κ1) is 22.0. The Balaban J connectivity index is 0. The zero-order chi connectivity index (χ0) is 16.5. The summed E-state index contributed by atoms with van der Waals surface area (Å²) in [5, 5.41) is 16.1. The monoisotopic (exact) mass is 300 g/mol. The lowest BCUT2D eigenvalue weighted by molar-refractivity contribution is -0.135. The fourth-order valence-electron chi connectivity index (χ4n) is 1.81. The Kier molecular flexibility index (Phi) is 17.5. The van der Waals surface area contributed by atoms with Gasteiger partial charge in [0, 0.05) is 11.6 Å². The van der Waals surface area contributed by atoms with E-state index in [1.165, 1.54) is 71.1 Å². The van der Waals surface area contributed by atoms with Crippen LogP contribution in [0.1, 0.15) is 85.0 Å². The fraction of sp³-hybridized carbons (Fsp3) is 0.765. The van der Waals surface area contributed by atoms with E-state index in [-0.39, 0.29) is 5.57 Å².